The average molecular weight is 273 g/mol. The van der Waals surface area contributed by atoms with Gasteiger partial charge in [0.25, 0.3) is 0 Å². The summed E-state index contributed by atoms with van der Waals surface area (Å²) in [6, 6.07) is -2.52. The lowest BCUT2D eigenvalue weighted by molar-refractivity contribution is -0.143. The predicted molar refractivity (Wildman–Crippen MR) is 65.3 cm³/mol. The lowest BCUT2D eigenvalue weighted by atomic mass is 10.2. The summed E-state index contributed by atoms with van der Waals surface area (Å²) in [5, 5.41) is 25.1. The van der Waals surface area contributed by atoms with Gasteiger partial charge in [0.1, 0.15) is 12.1 Å². The molecule has 1 saturated heterocycles. The van der Waals surface area contributed by atoms with Gasteiger partial charge in [-0.15, -0.1) is 0 Å². The number of rotatable bonds is 6. The van der Waals surface area contributed by atoms with Crippen LogP contribution in [0.15, 0.2) is 0 Å². The van der Waals surface area contributed by atoms with Crippen molar-refractivity contribution in [1.82, 2.24) is 16.0 Å². The van der Waals surface area contributed by atoms with Gasteiger partial charge in [-0.05, 0) is 26.3 Å². The number of carbonyl (C=O) groups excluding carboxylic acids is 2. The molecule has 108 valence electrons. The molecule has 2 amide bonds. The van der Waals surface area contributed by atoms with E-state index < -0.39 is 30.6 Å². The van der Waals surface area contributed by atoms with Gasteiger partial charge in [0.15, 0.2) is 0 Å². The van der Waals surface area contributed by atoms with Crippen molar-refractivity contribution in [1.29, 1.82) is 0 Å². The van der Waals surface area contributed by atoms with Gasteiger partial charge >= 0.3 is 5.97 Å². The molecule has 8 heteroatoms. The van der Waals surface area contributed by atoms with E-state index in [2.05, 4.69) is 16.0 Å². The highest BCUT2D eigenvalue weighted by molar-refractivity contribution is 5.91. The van der Waals surface area contributed by atoms with Crippen molar-refractivity contribution < 1.29 is 24.6 Å². The lowest BCUT2D eigenvalue weighted by Crippen LogP contribution is -2.53. The van der Waals surface area contributed by atoms with Crippen molar-refractivity contribution in [3.05, 3.63) is 0 Å². The average Bonchev–Trinajstić information content (AvgIpc) is 2.88. The third-order valence-electron chi connectivity index (χ3n) is 2.93. The van der Waals surface area contributed by atoms with E-state index in [-0.39, 0.29) is 11.9 Å². The number of nitrogens with one attached hydrogen (secondary N) is 3. The molecule has 0 aromatic carbocycles. The van der Waals surface area contributed by atoms with Crippen LogP contribution in [0.4, 0.5) is 0 Å². The molecule has 1 aliphatic heterocycles. The number of amides is 2. The fourth-order valence-corrected chi connectivity index (χ4v) is 1.77. The van der Waals surface area contributed by atoms with Crippen LogP contribution in [0.1, 0.15) is 19.8 Å². The summed E-state index contributed by atoms with van der Waals surface area (Å²) in [6.45, 7) is 1.52. The Balaban J connectivity index is 2.43. The zero-order valence-electron chi connectivity index (χ0n) is 10.7. The minimum atomic E-state index is -1.36. The lowest BCUT2D eigenvalue weighted by Gasteiger charge is -2.19. The molecule has 0 aromatic rings. The molecule has 0 saturated carbocycles. The molecule has 0 bridgehead atoms. The van der Waals surface area contributed by atoms with Crippen LogP contribution in [-0.2, 0) is 14.4 Å². The zero-order valence-corrected chi connectivity index (χ0v) is 10.7. The van der Waals surface area contributed by atoms with Crippen LogP contribution in [-0.4, -0.2) is 59.3 Å². The zero-order chi connectivity index (χ0) is 14.4. The normalized spacial score (nSPS) is 21.5. The van der Waals surface area contributed by atoms with Crippen LogP contribution in [0.2, 0.25) is 0 Å². The standard InChI is InChI=1S/C11H19N3O5/c1-6(9(16)14-8(5-15)11(18)19)13-10(17)7-3-2-4-12-7/h6-8,12,15H,2-5H2,1H3,(H,13,17)(H,14,16)(H,18,19)/t6-,7?,8?/m0/s1. The Morgan fingerprint density at radius 2 is 2.05 bits per heavy atom. The molecule has 5 N–H and O–H groups in total. The van der Waals surface area contributed by atoms with Crippen molar-refractivity contribution in [3.8, 4) is 0 Å². The largest absolute Gasteiger partial charge is 0.480 e. The topological polar surface area (TPSA) is 128 Å². The second kappa shape index (κ2) is 7.05. The molecule has 0 aliphatic carbocycles. The molecule has 0 aromatic heterocycles. The Kier molecular flexibility index (Phi) is 5.71. The van der Waals surface area contributed by atoms with Crippen molar-refractivity contribution in [2.45, 2.75) is 37.9 Å². The van der Waals surface area contributed by atoms with Crippen molar-refractivity contribution in [3.63, 3.8) is 0 Å². The first-order valence-electron chi connectivity index (χ1n) is 6.13. The van der Waals surface area contributed by atoms with Crippen LogP contribution in [0.5, 0.6) is 0 Å². The van der Waals surface area contributed by atoms with E-state index in [1.54, 1.807) is 0 Å². The highest BCUT2D eigenvalue weighted by Gasteiger charge is 2.27. The molecule has 0 radical (unpaired) electrons. The molecule has 1 heterocycles. The van der Waals surface area contributed by atoms with Crippen molar-refractivity contribution in [2.75, 3.05) is 13.2 Å². The number of aliphatic hydroxyl groups excluding tert-OH is 1. The second-order valence-electron chi connectivity index (χ2n) is 4.46. The highest BCUT2D eigenvalue weighted by Crippen LogP contribution is 2.04. The number of aliphatic carboxylic acids is 1. The highest BCUT2D eigenvalue weighted by atomic mass is 16.4. The van der Waals surface area contributed by atoms with Crippen LogP contribution >= 0.6 is 0 Å². The molecule has 2 unspecified atom stereocenters. The van der Waals surface area contributed by atoms with E-state index >= 15 is 0 Å². The molecule has 19 heavy (non-hydrogen) atoms. The summed E-state index contributed by atoms with van der Waals surface area (Å²) in [7, 11) is 0. The summed E-state index contributed by atoms with van der Waals surface area (Å²) in [6.07, 6.45) is 1.62. The van der Waals surface area contributed by atoms with Gasteiger partial charge in [-0.1, -0.05) is 0 Å². The summed E-state index contributed by atoms with van der Waals surface area (Å²) < 4.78 is 0. The van der Waals surface area contributed by atoms with E-state index in [1.807, 2.05) is 0 Å². The van der Waals surface area contributed by atoms with Gasteiger partial charge in [-0.25, -0.2) is 4.79 Å². The van der Waals surface area contributed by atoms with Crippen molar-refractivity contribution in [2.24, 2.45) is 0 Å². The number of carboxylic acid groups (broad SMARTS) is 1. The molecule has 1 aliphatic rings. The third-order valence-corrected chi connectivity index (χ3v) is 2.93. The van der Waals surface area contributed by atoms with Crippen LogP contribution < -0.4 is 16.0 Å². The molecule has 1 fully saturated rings. The minimum absolute atomic E-state index is 0.281. The maximum Gasteiger partial charge on any atom is 0.328 e. The Hall–Kier alpha value is -1.67. The number of carboxylic acids is 1. The molecule has 1 rings (SSSR count). The van der Waals surface area contributed by atoms with Crippen LogP contribution in [0.3, 0.4) is 0 Å². The monoisotopic (exact) mass is 273 g/mol. The van der Waals surface area contributed by atoms with Gasteiger partial charge in [0.05, 0.1) is 12.6 Å². The number of hydrogen-bond acceptors (Lipinski definition) is 5. The molecule has 3 atom stereocenters. The predicted octanol–water partition coefficient (Wildman–Crippen LogP) is -2.20. The quantitative estimate of drug-likeness (QED) is 0.374. The summed E-state index contributed by atoms with van der Waals surface area (Å²) >= 11 is 0. The summed E-state index contributed by atoms with van der Waals surface area (Å²) in [4.78, 5) is 34.0. The van der Waals surface area contributed by atoms with E-state index in [1.165, 1.54) is 6.92 Å². The maximum atomic E-state index is 11.7. The van der Waals surface area contributed by atoms with Gasteiger partial charge in [-0.3, -0.25) is 9.59 Å². The number of aliphatic hydroxyl groups is 1. The smallest absolute Gasteiger partial charge is 0.328 e. The van der Waals surface area contributed by atoms with Crippen molar-refractivity contribution >= 4 is 17.8 Å². The second-order valence-corrected chi connectivity index (χ2v) is 4.46. The first-order valence-corrected chi connectivity index (χ1v) is 6.13. The van der Waals surface area contributed by atoms with Gasteiger partial charge in [0, 0.05) is 0 Å². The van der Waals surface area contributed by atoms with E-state index in [0.29, 0.717) is 6.42 Å². The van der Waals surface area contributed by atoms with Crippen LogP contribution in [0.25, 0.3) is 0 Å². The maximum absolute atomic E-state index is 11.7. The molecule has 8 nitrogen and oxygen atoms in total. The molecular weight excluding hydrogens is 254 g/mol. The van der Waals surface area contributed by atoms with E-state index in [9.17, 15) is 14.4 Å². The van der Waals surface area contributed by atoms with Crippen LogP contribution in [0, 0.1) is 0 Å². The van der Waals surface area contributed by atoms with Gasteiger partial charge in [0.2, 0.25) is 11.8 Å². The number of carbonyl (C=O) groups is 3. The fraction of sp³-hybridized carbons (Fsp3) is 0.727. The Labute approximate surface area is 110 Å². The Morgan fingerprint density at radius 1 is 1.37 bits per heavy atom. The van der Waals surface area contributed by atoms with Gasteiger partial charge in [-0.2, -0.15) is 0 Å². The summed E-state index contributed by atoms with van der Waals surface area (Å²) in [5.74, 6) is -2.25. The van der Waals surface area contributed by atoms with E-state index in [0.717, 1.165) is 13.0 Å². The minimum Gasteiger partial charge on any atom is -0.480 e. The molecular formula is C11H19N3O5. The summed E-state index contributed by atoms with van der Waals surface area (Å²) in [5.41, 5.74) is 0. The number of hydrogen-bond donors (Lipinski definition) is 5. The first kappa shape index (κ1) is 15.4. The first-order chi connectivity index (χ1) is 8.95. The Bertz CT molecular complexity index is 354. The Morgan fingerprint density at radius 3 is 2.53 bits per heavy atom. The third kappa shape index (κ3) is 4.49. The van der Waals surface area contributed by atoms with E-state index in [4.69, 9.17) is 10.2 Å². The molecule has 0 spiro atoms. The SMILES string of the molecule is C[C@H](NC(=O)C1CCCN1)C(=O)NC(CO)C(=O)O. The fourth-order valence-electron chi connectivity index (χ4n) is 1.77. The van der Waals surface area contributed by atoms with Gasteiger partial charge < -0.3 is 26.2 Å².